The second-order valence-corrected chi connectivity index (χ2v) is 4.86. The largest absolute Gasteiger partial charge is 0.494 e. The minimum absolute atomic E-state index is 0.185. The molecule has 2 rings (SSSR count). The first-order chi connectivity index (χ1) is 10.1. The van der Waals surface area contributed by atoms with Gasteiger partial charge in [-0.1, -0.05) is 25.1 Å². The Balaban J connectivity index is 2.56. The fraction of sp³-hybridized carbons (Fsp3) is 0.294. The summed E-state index contributed by atoms with van der Waals surface area (Å²) in [6, 6.07) is 9.13. The van der Waals surface area contributed by atoms with Crippen molar-refractivity contribution in [1.82, 2.24) is 5.32 Å². The number of hydrogen-bond acceptors (Lipinski definition) is 2. The second kappa shape index (κ2) is 6.68. The molecule has 0 aromatic heterocycles. The van der Waals surface area contributed by atoms with Crippen molar-refractivity contribution in [3.05, 3.63) is 64.7 Å². The molecule has 0 saturated carbocycles. The number of rotatable bonds is 5. The molecule has 1 N–H and O–H groups in total. The van der Waals surface area contributed by atoms with E-state index >= 15 is 0 Å². The molecule has 0 aliphatic heterocycles. The lowest BCUT2D eigenvalue weighted by Crippen LogP contribution is -2.24. The third-order valence-electron chi connectivity index (χ3n) is 3.48. The normalized spacial score (nSPS) is 12.2. The highest BCUT2D eigenvalue weighted by molar-refractivity contribution is 5.41. The molecule has 1 atom stereocenters. The highest BCUT2D eigenvalue weighted by Crippen LogP contribution is 2.31. The summed E-state index contributed by atoms with van der Waals surface area (Å²) in [5, 5.41) is 3.21. The van der Waals surface area contributed by atoms with Gasteiger partial charge in [0.05, 0.1) is 13.2 Å². The van der Waals surface area contributed by atoms with E-state index in [1.807, 2.05) is 13.8 Å². The number of halogens is 2. The van der Waals surface area contributed by atoms with Crippen LogP contribution in [-0.4, -0.2) is 13.7 Å². The molecular formula is C17H19F2NO. The van der Waals surface area contributed by atoms with E-state index in [4.69, 9.17) is 4.74 Å². The van der Waals surface area contributed by atoms with Crippen LogP contribution in [0.2, 0.25) is 0 Å². The fourth-order valence-corrected chi connectivity index (χ4v) is 2.42. The lowest BCUT2D eigenvalue weighted by atomic mass is 9.94. The lowest BCUT2D eigenvalue weighted by Gasteiger charge is -2.22. The molecule has 0 bridgehead atoms. The summed E-state index contributed by atoms with van der Waals surface area (Å²) >= 11 is 0. The van der Waals surface area contributed by atoms with Gasteiger partial charge in [0.1, 0.15) is 5.82 Å². The van der Waals surface area contributed by atoms with Gasteiger partial charge in [0.15, 0.2) is 11.6 Å². The minimum atomic E-state index is -0.422. The molecular weight excluding hydrogens is 272 g/mol. The highest BCUT2D eigenvalue weighted by atomic mass is 19.1. The van der Waals surface area contributed by atoms with Crippen LogP contribution in [-0.2, 0) is 0 Å². The SMILES string of the molecule is CCNC(c1cc(F)ccc1C)c1cccc(OC)c1F. The molecule has 2 aromatic rings. The van der Waals surface area contributed by atoms with Crippen LogP contribution in [0.25, 0.3) is 0 Å². The molecule has 0 radical (unpaired) electrons. The number of ether oxygens (including phenoxy) is 1. The number of benzene rings is 2. The zero-order valence-electron chi connectivity index (χ0n) is 12.4. The van der Waals surface area contributed by atoms with Crippen LogP contribution in [0.1, 0.15) is 29.7 Å². The summed E-state index contributed by atoms with van der Waals surface area (Å²) < 4.78 is 33.1. The average molecular weight is 291 g/mol. The molecule has 112 valence electrons. The van der Waals surface area contributed by atoms with Gasteiger partial charge in [0.2, 0.25) is 0 Å². The minimum Gasteiger partial charge on any atom is -0.494 e. The summed E-state index contributed by atoms with van der Waals surface area (Å²) in [7, 11) is 1.43. The standard InChI is InChI=1S/C17H19F2NO/c1-4-20-17(14-10-12(18)9-8-11(14)2)13-6-5-7-15(21-3)16(13)19/h5-10,17,20H,4H2,1-3H3. The van der Waals surface area contributed by atoms with E-state index in [0.29, 0.717) is 12.1 Å². The Kier molecular flexibility index (Phi) is 4.91. The quantitative estimate of drug-likeness (QED) is 0.899. The number of aryl methyl sites for hydroxylation is 1. The third-order valence-corrected chi connectivity index (χ3v) is 3.48. The van der Waals surface area contributed by atoms with Gasteiger partial charge in [-0.05, 0) is 42.8 Å². The van der Waals surface area contributed by atoms with Crippen LogP contribution in [0.5, 0.6) is 5.75 Å². The Labute approximate surface area is 123 Å². The van der Waals surface area contributed by atoms with Gasteiger partial charge in [0, 0.05) is 5.56 Å². The smallest absolute Gasteiger partial charge is 0.170 e. The summed E-state index contributed by atoms with van der Waals surface area (Å²) in [5.74, 6) is -0.569. The van der Waals surface area contributed by atoms with E-state index in [2.05, 4.69) is 5.32 Å². The zero-order valence-corrected chi connectivity index (χ0v) is 12.4. The average Bonchev–Trinajstić information content (AvgIpc) is 2.48. The first-order valence-electron chi connectivity index (χ1n) is 6.90. The second-order valence-electron chi connectivity index (χ2n) is 4.86. The summed E-state index contributed by atoms with van der Waals surface area (Å²) in [4.78, 5) is 0. The fourth-order valence-electron chi connectivity index (χ4n) is 2.42. The van der Waals surface area contributed by atoms with E-state index in [-0.39, 0.29) is 11.6 Å². The topological polar surface area (TPSA) is 21.3 Å². The van der Waals surface area contributed by atoms with Crippen molar-refractivity contribution in [2.45, 2.75) is 19.9 Å². The van der Waals surface area contributed by atoms with E-state index in [9.17, 15) is 8.78 Å². The highest BCUT2D eigenvalue weighted by Gasteiger charge is 2.21. The van der Waals surface area contributed by atoms with Crippen LogP contribution in [0.3, 0.4) is 0 Å². The van der Waals surface area contributed by atoms with Gasteiger partial charge in [-0.15, -0.1) is 0 Å². The van der Waals surface area contributed by atoms with Gasteiger partial charge in [0.25, 0.3) is 0 Å². The van der Waals surface area contributed by atoms with Crippen LogP contribution < -0.4 is 10.1 Å². The van der Waals surface area contributed by atoms with Crippen molar-refractivity contribution in [1.29, 1.82) is 0 Å². The van der Waals surface area contributed by atoms with Crippen LogP contribution in [0.4, 0.5) is 8.78 Å². The Morgan fingerprint density at radius 2 is 1.90 bits per heavy atom. The van der Waals surface area contributed by atoms with Crippen LogP contribution in [0.15, 0.2) is 36.4 Å². The van der Waals surface area contributed by atoms with E-state index < -0.39 is 11.9 Å². The summed E-state index contributed by atoms with van der Waals surface area (Å²) in [6.07, 6.45) is 0. The van der Waals surface area contributed by atoms with Gasteiger partial charge in [-0.2, -0.15) is 0 Å². The molecule has 1 unspecified atom stereocenters. The Morgan fingerprint density at radius 1 is 1.14 bits per heavy atom. The molecule has 0 aliphatic carbocycles. The Bertz CT molecular complexity index is 628. The first kappa shape index (κ1) is 15.4. The van der Waals surface area contributed by atoms with Crippen molar-refractivity contribution < 1.29 is 13.5 Å². The maximum Gasteiger partial charge on any atom is 0.170 e. The molecule has 0 heterocycles. The van der Waals surface area contributed by atoms with Crippen molar-refractivity contribution in [2.75, 3.05) is 13.7 Å². The van der Waals surface area contributed by atoms with Gasteiger partial charge < -0.3 is 10.1 Å². The third kappa shape index (κ3) is 3.22. The molecule has 0 fully saturated rings. The molecule has 0 saturated heterocycles. The summed E-state index contributed by atoms with van der Waals surface area (Å²) in [6.45, 7) is 4.45. The molecule has 0 amide bonds. The van der Waals surface area contributed by atoms with Crippen molar-refractivity contribution in [2.24, 2.45) is 0 Å². The van der Waals surface area contributed by atoms with Crippen molar-refractivity contribution in [3.8, 4) is 5.75 Å². The number of methoxy groups -OCH3 is 1. The molecule has 2 aromatic carbocycles. The zero-order chi connectivity index (χ0) is 15.4. The maximum absolute atomic E-state index is 14.5. The van der Waals surface area contributed by atoms with Crippen molar-refractivity contribution in [3.63, 3.8) is 0 Å². The van der Waals surface area contributed by atoms with Crippen molar-refractivity contribution >= 4 is 0 Å². The molecule has 0 spiro atoms. The number of nitrogens with one attached hydrogen (secondary N) is 1. The van der Waals surface area contributed by atoms with Crippen LogP contribution in [0, 0.1) is 18.6 Å². The van der Waals surface area contributed by atoms with Crippen LogP contribution >= 0.6 is 0 Å². The molecule has 0 aliphatic rings. The lowest BCUT2D eigenvalue weighted by molar-refractivity contribution is 0.381. The maximum atomic E-state index is 14.5. The van der Waals surface area contributed by atoms with Gasteiger partial charge in [-0.3, -0.25) is 0 Å². The first-order valence-corrected chi connectivity index (χ1v) is 6.90. The monoisotopic (exact) mass is 291 g/mol. The van der Waals surface area contributed by atoms with Gasteiger partial charge >= 0.3 is 0 Å². The van der Waals surface area contributed by atoms with E-state index in [1.165, 1.54) is 19.2 Å². The van der Waals surface area contributed by atoms with Gasteiger partial charge in [-0.25, -0.2) is 8.78 Å². The molecule has 21 heavy (non-hydrogen) atoms. The molecule has 2 nitrogen and oxygen atoms in total. The molecule has 4 heteroatoms. The Morgan fingerprint density at radius 3 is 2.57 bits per heavy atom. The number of hydrogen-bond donors (Lipinski definition) is 1. The summed E-state index contributed by atoms with van der Waals surface area (Å²) in [5.41, 5.74) is 2.08. The van der Waals surface area contributed by atoms with E-state index in [0.717, 1.165) is 11.1 Å². The predicted octanol–water partition coefficient (Wildman–Crippen LogP) is 3.98. The Hall–Kier alpha value is -1.94. The predicted molar refractivity (Wildman–Crippen MR) is 79.6 cm³/mol. The van der Waals surface area contributed by atoms with E-state index in [1.54, 1.807) is 24.3 Å².